The van der Waals surface area contributed by atoms with Crippen LogP contribution in [0.25, 0.3) is 0 Å². The summed E-state index contributed by atoms with van der Waals surface area (Å²) in [5.41, 5.74) is 2.33. The standard InChI is InChI=1S/C10H16N4O4S/c11-14-10-2-1-9(6-12-10)19(15,16)13-5-8-7-17-3-4-18-8/h1-2,6,8,13H,3-5,7,11H2,(H,12,14). The van der Waals surface area contributed by atoms with Crippen molar-refractivity contribution in [2.24, 2.45) is 5.84 Å². The van der Waals surface area contributed by atoms with E-state index in [9.17, 15) is 8.42 Å². The number of sulfonamides is 1. The van der Waals surface area contributed by atoms with Gasteiger partial charge in [-0.25, -0.2) is 24.0 Å². The number of anilines is 1. The van der Waals surface area contributed by atoms with Gasteiger partial charge in [-0.2, -0.15) is 0 Å². The first-order chi connectivity index (χ1) is 9.12. The number of pyridine rings is 1. The van der Waals surface area contributed by atoms with Crippen LogP contribution in [0.2, 0.25) is 0 Å². The summed E-state index contributed by atoms with van der Waals surface area (Å²) in [6.07, 6.45) is 0.969. The number of rotatable bonds is 5. The SMILES string of the molecule is NNc1ccc(S(=O)(=O)NCC2COCCO2)cn1. The van der Waals surface area contributed by atoms with E-state index in [-0.39, 0.29) is 17.5 Å². The minimum Gasteiger partial charge on any atom is -0.376 e. The van der Waals surface area contributed by atoms with Crippen LogP contribution < -0.4 is 16.0 Å². The van der Waals surface area contributed by atoms with E-state index in [0.29, 0.717) is 25.6 Å². The number of aromatic nitrogens is 1. The third-order valence-electron chi connectivity index (χ3n) is 2.58. The second-order valence-electron chi connectivity index (χ2n) is 3.94. The molecule has 2 heterocycles. The van der Waals surface area contributed by atoms with Crippen molar-refractivity contribution >= 4 is 15.8 Å². The van der Waals surface area contributed by atoms with Crippen LogP contribution in [0.1, 0.15) is 0 Å². The van der Waals surface area contributed by atoms with Crippen LogP contribution in [-0.4, -0.2) is 45.9 Å². The number of ether oxygens (including phenoxy) is 2. The van der Waals surface area contributed by atoms with Gasteiger partial charge in [0.25, 0.3) is 0 Å². The molecule has 0 aliphatic carbocycles. The lowest BCUT2D eigenvalue weighted by molar-refractivity contribution is -0.0846. The molecule has 1 aromatic heterocycles. The Balaban J connectivity index is 1.96. The van der Waals surface area contributed by atoms with Crippen LogP contribution in [0.4, 0.5) is 5.82 Å². The van der Waals surface area contributed by atoms with Gasteiger partial charge in [-0.05, 0) is 12.1 Å². The molecule has 2 rings (SSSR count). The molecular weight excluding hydrogens is 272 g/mol. The van der Waals surface area contributed by atoms with Crippen LogP contribution in [0.15, 0.2) is 23.2 Å². The van der Waals surface area contributed by atoms with E-state index >= 15 is 0 Å². The van der Waals surface area contributed by atoms with Crippen molar-refractivity contribution < 1.29 is 17.9 Å². The molecule has 1 aromatic rings. The number of nitrogens with two attached hydrogens (primary N) is 1. The van der Waals surface area contributed by atoms with Crippen molar-refractivity contribution in [1.82, 2.24) is 9.71 Å². The van der Waals surface area contributed by atoms with Crippen LogP contribution in [0.5, 0.6) is 0 Å². The fourth-order valence-electron chi connectivity index (χ4n) is 1.57. The maximum absolute atomic E-state index is 12.0. The first kappa shape index (κ1) is 14.2. The van der Waals surface area contributed by atoms with Crippen molar-refractivity contribution in [2.75, 3.05) is 31.8 Å². The maximum Gasteiger partial charge on any atom is 0.242 e. The Morgan fingerprint density at radius 2 is 2.26 bits per heavy atom. The predicted octanol–water partition coefficient (Wildman–Crippen LogP) is -0.939. The molecule has 106 valence electrons. The van der Waals surface area contributed by atoms with E-state index < -0.39 is 10.0 Å². The molecule has 1 saturated heterocycles. The number of nitrogens with one attached hydrogen (secondary N) is 2. The molecule has 1 fully saturated rings. The van der Waals surface area contributed by atoms with Crippen molar-refractivity contribution in [1.29, 1.82) is 0 Å². The number of nitrogens with zero attached hydrogens (tertiary/aromatic N) is 1. The quantitative estimate of drug-likeness (QED) is 0.473. The van der Waals surface area contributed by atoms with Crippen molar-refractivity contribution in [3.05, 3.63) is 18.3 Å². The summed E-state index contributed by atoms with van der Waals surface area (Å²) < 4.78 is 36.9. The molecule has 1 aliphatic heterocycles. The summed E-state index contributed by atoms with van der Waals surface area (Å²) in [4.78, 5) is 3.92. The number of hydrogen-bond acceptors (Lipinski definition) is 7. The topological polar surface area (TPSA) is 116 Å². The zero-order valence-electron chi connectivity index (χ0n) is 10.2. The van der Waals surface area contributed by atoms with Crippen molar-refractivity contribution in [3.8, 4) is 0 Å². The van der Waals surface area contributed by atoms with E-state index in [4.69, 9.17) is 15.3 Å². The van der Waals surface area contributed by atoms with Gasteiger partial charge in [-0.1, -0.05) is 0 Å². The Kier molecular flexibility index (Phi) is 4.66. The molecule has 9 heteroatoms. The summed E-state index contributed by atoms with van der Waals surface area (Å²) >= 11 is 0. The molecule has 0 spiro atoms. The fraction of sp³-hybridized carbons (Fsp3) is 0.500. The minimum absolute atomic E-state index is 0.0724. The molecule has 0 saturated carbocycles. The molecule has 0 radical (unpaired) electrons. The largest absolute Gasteiger partial charge is 0.376 e. The minimum atomic E-state index is -3.60. The predicted molar refractivity (Wildman–Crippen MR) is 67.8 cm³/mol. The highest BCUT2D eigenvalue weighted by Gasteiger charge is 2.19. The van der Waals surface area contributed by atoms with Crippen LogP contribution in [0.3, 0.4) is 0 Å². The maximum atomic E-state index is 12.0. The lowest BCUT2D eigenvalue weighted by Gasteiger charge is -2.23. The first-order valence-electron chi connectivity index (χ1n) is 5.73. The number of hydrogen-bond donors (Lipinski definition) is 3. The van der Waals surface area contributed by atoms with Crippen molar-refractivity contribution in [3.63, 3.8) is 0 Å². The molecule has 1 aliphatic rings. The summed E-state index contributed by atoms with van der Waals surface area (Å²) in [6, 6.07) is 2.90. The first-order valence-corrected chi connectivity index (χ1v) is 7.22. The van der Waals surface area contributed by atoms with Crippen LogP contribution in [0, 0.1) is 0 Å². The Hall–Kier alpha value is -1.26. The van der Waals surface area contributed by atoms with Gasteiger partial charge in [0.2, 0.25) is 10.0 Å². The third-order valence-corrected chi connectivity index (χ3v) is 3.99. The van der Waals surface area contributed by atoms with Gasteiger partial charge in [0, 0.05) is 12.7 Å². The lowest BCUT2D eigenvalue weighted by atomic mass is 10.3. The molecular formula is C10H16N4O4S. The van der Waals surface area contributed by atoms with Gasteiger partial charge in [0.15, 0.2) is 0 Å². The average molecular weight is 288 g/mol. The summed E-state index contributed by atoms with van der Waals surface area (Å²) in [5, 5.41) is 0. The Morgan fingerprint density at radius 3 is 2.84 bits per heavy atom. The second-order valence-corrected chi connectivity index (χ2v) is 5.71. The lowest BCUT2D eigenvalue weighted by Crippen LogP contribution is -2.39. The summed E-state index contributed by atoms with van der Waals surface area (Å²) in [5.74, 6) is 5.55. The fourth-order valence-corrected chi connectivity index (χ4v) is 2.58. The number of nitrogen functional groups attached to an aromatic ring is 1. The molecule has 8 nitrogen and oxygen atoms in total. The molecule has 0 bridgehead atoms. The Labute approximate surface area is 111 Å². The third kappa shape index (κ3) is 3.85. The van der Waals surface area contributed by atoms with E-state index in [1.165, 1.54) is 18.3 Å². The highest BCUT2D eigenvalue weighted by atomic mass is 32.2. The molecule has 0 aromatic carbocycles. The van der Waals surface area contributed by atoms with Crippen molar-refractivity contribution in [2.45, 2.75) is 11.0 Å². The van der Waals surface area contributed by atoms with Crippen LogP contribution in [-0.2, 0) is 19.5 Å². The highest BCUT2D eigenvalue weighted by Crippen LogP contribution is 2.10. The monoisotopic (exact) mass is 288 g/mol. The van der Waals surface area contributed by atoms with E-state index in [1.807, 2.05) is 0 Å². The molecule has 0 amide bonds. The van der Waals surface area contributed by atoms with Gasteiger partial charge in [-0.3, -0.25) is 0 Å². The normalized spacial score (nSPS) is 20.2. The van der Waals surface area contributed by atoms with Gasteiger partial charge < -0.3 is 14.9 Å². The zero-order valence-corrected chi connectivity index (χ0v) is 11.0. The van der Waals surface area contributed by atoms with Gasteiger partial charge >= 0.3 is 0 Å². The van der Waals surface area contributed by atoms with E-state index in [1.54, 1.807) is 0 Å². The Bertz CT molecular complexity index is 499. The highest BCUT2D eigenvalue weighted by molar-refractivity contribution is 7.89. The van der Waals surface area contributed by atoms with Crippen LogP contribution >= 0.6 is 0 Å². The average Bonchev–Trinajstić information content (AvgIpc) is 2.46. The van der Waals surface area contributed by atoms with Gasteiger partial charge in [0.05, 0.1) is 25.9 Å². The number of hydrazine groups is 1. The summed E-state index contributed by atoms with van der Waals surface area (Å²) in [6.45, 7) is 1.57. The van der Waals surface area contributed by atoms with E-state index in [2.05, 4.69) is 15.1 Å². The zero-order chi connectivity index (χ0) is 13.7. The molecule has 19 heavy (non-hydrogen) atoms. The van der Waals surface area contributed by atoms with Gasteiger partial charge in [-0.15, -0.1) is 0 Å². The second kappa shape index (κ2) is 6.26. The van der Waals surface area contributed by atoms with E-state index in [0.717, 1.165) is 0 Å². The smallest absolute Gasteiger partial charge is 0.242 e. The Morgan fingerprint density at radius 1 is 1.42 bits per heavy atom. The van der Waals surface area contributed by atoms with Gasteiger partial charge in [0.1, 0.15) is 10.7 Å². The molecule has 1 atom stereocenters. The molecule has 4 N–H and O–H groups in total. The molecule has 1 unspecified atom stereocenters. The summed E-state index contributed by atoms with van der Waals surface area (Å²) in [7, 11) is -3.60.